The Morgan fingerprint density at radius 2 is 2.00 bits per heavy atom. The number of nitrogens with zero attached hydrogens (tertiary/aromatic N) is 3. The fourth-order valence-corrected chi connectivity index (χ4v) is 3.89. The molecule has 0 saturated heterocycles. The van der Waals surface area contributed by atoms with Crippen molar-refractivity contribution in [3.63, 3.8) is 0 Å². The van der Waals surface area contributed by atoms with Crippen molar-refractivity contribution in [3.05, 3.63) is 46.8 Å². The summed E-state index contributed by atoms with van der Waals surface area (Å²) >= 11 is 0. The van der Waals surface area contributed by atoms with Crippen molar-refractivity contribution in [2.24, 2.45) is 5.92 Å². The van der Waals surface area contributed by atoms with Crippen molar-refractivity contribution in [2.45, 2.75) is 45.6 Å². The van der Waals surface area contributed by atoms with Crippen LogP contribution in [0.5, 0.6) is 0 Å². The van der Waals surface area contributed by atoms with Gasteiger partial charge in [0, 0.05) is 29.9 Å². The molecule has 3 rings (SSSR count). The molecule has 2 aromatic rings. The highest BCUT2D eigenvalue weighted by Gasteiger charge is 2.28. The van der Waals surface area contributed by atoms with Crippen LogP contribution in [0.15, 0.2) is 18.2 Å². The number of carbonyl (C=O) groups excluding carboxylic acids is 1. The Morgan fingerprint density at radius 1 is 1.25 bits per heavy atom. The summed E-state index contributed by atoms with van der Waals surface area (Å²) in [6.45, 7) is 5.00. The zero-order chi connectivity index (χ0) is 20.4. The molecular weight excluding hydrogens is 362 g/mol. The number of benzene rings is 1. The second kappa shape index (κ2) is 8.39. The second-order valence-electron chi connectivity index (χ2n) is 8.20. The molecular formula is C21H28F2N4O. The lowest BCUT2D eigenvalue weighted by Gasteiger charge is -2.23. The quantitative estimate of drug-likeness (QED) is 0.789. The Bertz CT molecular complexity index is 850. The SMILES string of the molecule is CC(C)CC(CN(C)C)NC(=O)c1nn(-c2ccc(F)c(F)c2)c2c1CCC2. The number of halogens is 2. The zero-order valence-electron chi connectivity index (χ0n) is 16.9. The summed E-state index contributed by atoms with van der Waals surface area (Å²) in [5, 5.41) is 7.61. The number of amides is 1. The molecule has 0 bridgehead atoms. The van der Waals surface area contributed by atoms with Crippen LogP contribution in [0.1, 0.15) is 48.4 Å². The Hall–Kier alpha value is -2.28. The van der Waals surface area contributed by atoms with E-state index >= 15 is 0 Å². The number of hydrogen-bond acceptors (Lipinski definition) is 3. The van der Waals surface area contributed by atoms with Crippen molar-refractivity contribution >= 4 is 5.91 Å². The molecule has 0 fully saturated rings. The molecule has 0 aliphatic heterocycles. The molecule has 1 heterocycles. The molecule has 1 atom stereocenters. The van der Waals surface area contributed by atoms with E-state index in [9.17, 15) is 13.6 Å². The summed E-state index contributed by atoms with van der Waals surface area (Å²) in [5.41, 5.74) is 2.65. The van der Waals surface area contributed by atoms with Crippen LogP contribution in [0.2, 0.25) is 0 Å². The smallest absolute Gasteiger partial charge is 0.272 e. The number of hydrogen-bond donors (Lipinski definition) is 1. The van der Waals surface area contributed by atoms with Gasteiger partial charge in [-0.3, -0.25) is 4.79 Å². The van der Waals surface area contributed by atoms with E-state index in [-0.39, 0.29) is 11.9 Å². The lowest BCUT2D eigenvalue weighted by molar-refractivity contribution is 0.0918. The lowest BCUT2D eigenvalue weighted by Crippen LogP contribution is -2.42. The third kappa shape index (κ3) is 4.41. The largest absolute Gasteiger partial charge is 0.347 e. The van der Waals surface area contributed by atoms with Crippen LogP contribution in [0, 0.1) is 17.6 Å². The number of rotatable bonds is 7. The Labute approximate surface area is 164 Å². The normalized spacial score (nSPS) is 14.6. The monoisotopic (exact) mass is 390 g/mol. The second-order valence-corrected chi connectivity index (χ2v) is 8.20. The first-order chi connectivity index (χ1) is 13.3. The predicted octanol–water partition coefficient (Wildman–Crippen LogP) is 3.35. The fourth-order valence-electron chi connectivity index (χ4n) is 3.89. The van der Waals surface area contributed by atoms with Crippen LogP contribution in [-0.2, 0) is 12.8 Å². The van der Waals surface area contributed by atoms with E-state index < -0.39 is 11.6 Å². The van der Waals surface area contributed by atoms with E-state index in [0.29, 0.717) is 17.3 Å². The van der Waals surface area contributed by atoms with Gasteiger partial charge in [0.15, 0.2) is 17.3 Å². The van der Waals surface area contributed by atoms with E-state index in [1.807, 2.05) is 14.1 Å². The minimum Gasteiger partial charge on any atom is -0.347 e. The van der Waals surface area contributed by atoms with Gasteiger partial charge in [-0.05, 0) is 57.8 Å². The van der Waals surface area contributed by atoms with Crippen LogP contribution in [0.3, 0.4) is 0 Å². The minimum atomic E-state index is -0.922. The van der Waals surface area contributed by atoms with Crippen molar-refractivity contribution in [1.29, 1.82) is 0 Å². The van der Waals surface area contributed by atoms with E-state index in [4.69, 9.17) is 0 Å². The van der Waals surface area contributed by atoms with Crippen molar-refractivity contribution < 1.29 is 13.6 Å². The number of aromatic nitrogens is 2. The first kappa shape index (κ1) is 20.5. The van der Waals surface area contributed by atoms with Crippen LogP contribution in [-0.4, -0.2) is 47.3 Å². The maximum Gasteiger partial charge on any atom is 0.272 e. The summed E-state index contributed by atoms with van der Waals surface area (Å²) in [5.74, 6) is -1.57. The van der Waals surface area contributed by atoms with E-state index in [1.54, 1.807) is 4.68 Å². The number of fused-ring (bicyclic) bond motifs is 1. The van der Waals surface area contributed by atoms with Crippen molar-refractivity contribution in [3.8, 4) is 5.69 Å². The predicted molar refractivity (Wildman–Crippen MR) is 105 cm³/mol. The maximum atomic E-state index is 13.7. The molecule has 0 radical (unpaired) electrons. The first-order valence-electron chi connectivity index (χ1n) is 9.78. The summed E-state index contributed by atoms with van der Waals surface area (Å²) in [6.07, 6.45) is 3.33. The van der Waals surface area contributed by atoms with E-state index in [2.05, 4.69) is 29.2 Å². The molecule has 0 spiro atoms. The van der Waals surface area contributed by atoms with Crippen LogP contribution < -0.4 is 5.32 Å². The molecule has 1 aliphatic carbocycles. The van der Waals surface area contributed by atoms with Crippen molar-refractivity contribution in [2.75, 3.05) is 20.6 Å². The van der Waals surface area contributed by atoms with Crippen LogP contribution in [0.4, 0.5) is 8.78 Å². The van der Waals surface area contributed by atoms with Gasteiger partial charge in [-0.15, -0.1) is 0 Å². The van der Waals surface area contributed by atoms with E-state index in [0.717, 1.165) is 55.6 Å². The van der Waals surface area contributed by atoms with Gasteiger partial charge in [0.25, 0.3) is 5.91 Å². The van der Waals surface area contributed by atoms with Gasteiger partial charge in [-0.1, -0.05) is 13.8 Å². The molecule has 1 aliphatic rings. The number of carbonyl (C=O) groups is 1. The molecule has 1 unspecified atom stereocenters. The molecule has 1 N–H and O–H groups in total. The van der Waals surface area contributed by atoms with Gasteiger partial charge in [0.2, 0.25) is 0 Å². The minimum absolute atomic E-state index is 0.0213. The molecule has 1 aromatic carbocycles. The molecule has 7 heteroatoms. The maximum absolute atomic E-state index is 13.7. The molecule has 1 aromatic heterocycles. The standard InChI is InChI=1S/C21H28F2N4O/c1-13(2)10-14(12-26(3)4)24-21(28)20-16-6-5-7-19(16)27(25-20)15-8-9-17(22)18(23)11-15/h8-9,11,13-14H,5-7,10,12H2,1-4H3,(H,24,28). The highest BCUT2D eigenvalue weighted by atomic mass is 19.2. The van der Waals surface area contributed by atoms with Gasteiger partial charge in [0.05, 0.1) is 5.69 Å². The van der Waals surface area contributed by atoms with Gasteiger partial charge in [0.1, 0.15) is 0 Å². The fraction of sp³-hybridized carbons (Fsp3) is 0.524. The Morgan fingerprint density at radius 3 is 2.64 bits per heavy atom. The third-order valence-corrected chi connectivity index (χ3v) is 4.97. The Kier molecular flexibility index (Phi) is 6.13. The highest BCUT2D eigenvalue weighted by molar-refractivity contribution is 5.94. The molecule has 0 saturated carbocycles. The van der Waals surface area contributed by atoms with Crippen molar-refractivity contribution in [1.82, 2.24) is 20.0 Å². The number of nitrogens with one attached hydrogen (secondary N) is 1. The average molecular weight is 390 g/mol. The summed E-state index contributed by atoms with van der Waals surface area (Å²) in [4.78, 5) is 15.1. The van der Waals surface area contributed by atoms with Gasteiger partial charge < -0.3 is 10.2 Å². The van der Waals surface area contributed by atoms with E-state index in [1.165, 1.54) is 6.07 Å². The third-order valence-electron chi connectivity index (χ3n) is 4.97. The van der Waals surface area contributed by atoms with Crippen LogP contribution in [0.25, 0.3) is 5.69 Å². The topological polar surface area (TPSA) is 50.2 Å². The summed E-state index contributed by atoms with van der Waals surface area (Å²) in [7, 11) is 3.96. The highest BCUT2D eigenvalue weighted by Crippen LogP contribution is 2.28. The molecule has 1 amide bonds. The zero-order valence-corrected chi connectivity index (χ0v) is 16.9. The average Bonchev–Trinajstić information content (AvgIpc) is 3.18. The first-order valence-corrected chi connectivity index (χ1v) is 9.78. The van der Waals surface area contributed by atoms with Gasteiger partial charge in [-0.2, -0.15) is 5.10 Å². The summed E-state index contributed by atoms with van der Waals surface area (Å²) < 4.78 is 28.6. The van der Waals surface area contributed by atoms with Crippen LogP contribution >= 0.6 is 0 Å². The van der Waals surface area contributed by atoms with Gasteiger partial charge in [-0.25, -0.2) is 13.5 Å². The summed E-state index contributed by atoms with van der Waals surface area (Å²) in [6, 6.07) is 3.71. The molecule has 5 nitrogen and oxygen atoms in total. The molecule has 152 valence electrons. The lowest BCUT2D eigenvalue weighted by atomic mass is 10.0. The van der Waals surface area contributed by atoms with Gasteiger partial charge >= 0.3 is 0 Å². The Balaban J connectivity index is 1.89. The molecule has 28 heavy (non-hydrogen) atoms. The number of likely N-dealkylation sites (N-methyl/N-ethyl adjacent to an activating group) is 1.